The van der Waals surface area contributed by atoms with E-state index in [1.54, 1.807) is 31.2 Å². The van der Waals surface area contributed by atoms with Gasteiger partial charge in [0.15, 0.2) is 5.13 Å². The van der Waals surface area contributed by atoms with Gasteiger partial charge in [0.2, 0.25) is 0 Å². The number of aromatic nitrogens is 4. The van der Waals surface area contributed by atoms with Crippen LogP contribution in [0.15, 0.2) is 63.2 Å². The molecule has 2 aromatic carbocycles. The Bertz CT molecular complexity index is 1130. The number of hydrogen-bond acceptors (Lipinski definition) is 4. The van der Waals surface area contributed by atoms with Crippen LogP contribution in [-0.4, -0.2) is 19.3 Å². The molecule has 0 N–H and O–H groups in total. The van der Waals surface area contributed by atoms with Crippen molar-refractivity contribution in [3.63, 3.8) is 0 Å². The molecule has 0 bridgehead atoms. The van der Waals surface area contributed by atoms with Crippen LogP contribution in [0, 0.1) is 6.92 Å². The average molecular weight is 448 g/mol. The lowest BCUT2D eigenvalue weighted by atomic mass is 10.2. The molecule has 0 radical (unpaired) electrons. The van der Waals surface area contributed by atoms with E-state index in [0.29, 0.717) is 21.7 Å². The van der Waals surface area contributed by atoms with Gasteiger partial charge >= 0.3 is 5.69 Å². The number of hydrogen-bond donors (Lipinski definition) is 0. The van der Waals surface area contributed by atoms with Gasteiger partial charge in [0.25, 0.3) is 0 Å². The van der Waals surface area contributed by atoms with Gasteiger partial charge in [-0.25, -0.2) is 14.3 Å². The maximum atomic E-state index is 12.9. The van der Waals surface area contributed by atoms with Gasteiger partial charge in [0.1, 0.15) is 5.82 Å². The van der Waals surface area contributed by atoms with Crippen LogP contribution in [0.5, 0.6) is 0 Å². The van der Waals surface area contributed by atoms with Gasteiger partial charge in [0.05, 0.1) is 11.4 Å². The predicted molar refractivity (Wildman–Crippen MR) is 108 cm³/mol. The Morgan fingerprint density at radius 3 is 2.46 bits per heavy atom. The van der Waals surface area contributed by atoms with Crippen molar-refractivity contribution in [2.45, 2.75) is 6.92 Å². The number of benzene rings is 2. The van der Waals surface area contributed by atoms with E-state index in [0.717, 1.165) is 15.7 Å². The average Bonchev–Trinajstić information content (AvgIpc) is 3.21. The van der Waals surface area contributed by atoms with Crippen LogP contribution < -0.4 is 5.69 Å². The largest absolute Gasteiger partial charge is 0.357 e. The third-order valence-corrected chi connectivity index (χ3v) is 5.44. The van der Waals surface area contributed by atoms with Gasteiger partial charge in [-0.1, -0.05) is 39.7 Å². The first-order chi connectivity index (χ1) is 12.5. The zero-order valence-electron chi connectivity index (χ0n) is 13.6. The lowest BCUT2D eigenvalue weighted by Crippen LogP contribution is -2.22. The molecule has 8 heteroatoms. The van der Waals surface area contributed by atoms with E-state index in [1.807, 2.05) is 29.6 Å². The van der Waals surface area contributed by atoms with Crippen molar-refractivity contribution < 1.29 is 0 Å². The van der Waals surface area contributed by atoms with Crippen LogP contribution in [0.2, 0.25) is 5.02 Å². The highest BCUT2D eigenvalue weighted by atomic mass is 79.9. The number of nitrogens with zero attached hydrogens (tertiary/aromatic N) is 4. The first-order valence-electron chi connectivity index (χ1n) is 7.69. The molecule has 0 saturated heterocycles. The summed E-state index contributed by atoms with van der Waals surface area (Å²) in [6.07, 6.45) is 0. The van der Waals surface area contributed by atoms with E-state index >= 15 is 0 Å². The standard InChI is InChI=1S/C18H12BrClN4OS/c1-11-22-24(15-8-6-14(20)7-9-15)18(25)23(11)17-21-16(10-26-17)12-2-4-13(19)5-3-12/h2-10H,1H3. The molecule has 2 heterocycles. The second-order valence-corrected chi connectivity index (χ2v) is 7.76. The maximum absolute atomic E-state index is 12.9. The minimum absolute atomic E-state index is 0.262. The topological polar surface area (TPSA) is 52.7 Å². The second kappa shape index (κ2) is 6.83. The van der Waals surface area contributed by atoms with E-state index in [9.17, 15) is 4.79 Å². The number of thiazole rings is 1. The fourth-order valence-electron chi connectivity index (χ4n) is 2.56. The minimum atomic E-state index is -0.262. The Hall–Kier alpha value is -2.22. The summed E-state index contributed by atoms with van der Waals surface area (Å²) in [5.74, 6) is 0.571. The molecular weight excluding hydrogens is 436 g/mol. The van der Waals surface area contributed by atoms with Gasteiger partial charge < -0.3 is 0 Å². The molecule has 0 unspecified atom stereocenters. The van der Waals surface area contributed by atoms with Crippen LogP contribution in [0.4, 0.5) is 0 Å². The van der Waals surface area contributed by atoms with Crippen LogP contribution in [-0.2, 0) is 0 Å². The van der Waals surface area contributed by atoms with Gasteiger partial charge in [-0.05, 0) is 43.3 Å². The summed E-state index contributed by atoms with van der Waals surface area (Å²) in [6.45, 7) is 1.79. The first kappa shape index (κ1) is 17.2. The highest BCUT2D eigenvalue weighted by molar-refractivity contribution is 9.10. The van der Waals surface area contributed by atoms with Crippen LogP contribution >= 0.6 is 38.9 Å². The van der Waals surface area contributed by atoms with Crippen molar-refractivity contribution in [3.05, 3.63) is 79.7 Å². The van der Waals surface area contributed by atoms with Gasteiger partial charge in [-0.15, -0.1) is 16.4 Å². The molecular formula is C18H12BrClN4OS. The van der Waals surface area contributed by atoms with E-state index in [4.69, 9.17) is 11.6 Å². The zero-order valence-corrected chi connectivity index (χ0v) is 16.7. The van der Waals surface area contributed by atoms with Crippen LogP contribution in [0.3, 0.4) is 0 Å². The molecule has 0 atom stereocenters. The predicted octanol–water partition coefficient (Wildman–Crippen LogP) is 4.87. The van der Waals surface area contributed by atoms with Crippen molar-refractivity contribution in [2.75, 3.05) is 0 Å². The van der Waals surface area contributed by atoms with E-state index in [-0.39, 0.29) is 5.69 Å². The fraction of sp³-hybridized carbons (Fsp3) is 0.0556. The highest BCUT2D eigenvalue weighted by Gasteiger charge is 2.16. The van der Waals surface area contributed by atoms with Crippen molar-refractivity contribution in [1.29, 1.82) is 0 Å². The smallest absolute Gasteiger partial charge is 0.245 e. The molecule has 130 valence electrons. The molecule has 0 saturated carbocycles. The van der Waals surface area contributed by atoms with Gasteiger partial charge in [-0.2, -0.15) is 4.68 Å². The third-order valence-electron chi connectivity index (χ3n) is 3.84. The summed E-state index contributed by atoms with van der Waals surface area (Å²) >= 11 is 10.8. The molecule has 0 aliphatic carbocycles. The Balaban J connectivity index is 1.76. The third kappa shape index (κ3) is 3.13. The summed E-state index contributed by atoms with van der Waals surface area (Å²) in [4.78, 5) is 17.5. The first-order valence-corrected chi connectivity index (χ1v) is 9.74. The quantitative estimate of drug-likeness (QED) is 0.450. The molecule has 0 aliphatic rings. The molecule has 4 aromatic rings. The van der Waals surface area contributed by atoms with Gasteiger partial charge in [-0.3, -0.25) is 0 Å². The van der Waals surface area contributed by atoms with E-state index < -0.39 is 0 Å². The SMILES string of the molecule is Cc1nn(-c2ccc(Cl)cc2)c(=O)n1-c1nc(-c2ccc(Br)cc2)cs1. The molecule has 26 heavy (non-hydrogen) atoms. The molecule has 5 nitrogen and oxygen atoms in total. The monoisotopic (exact) mass is 446 g/mol. The Morgan fingerprint density at radius 1 is 1.08 bits per heavy atom. The summed E-state index contributed by atoms with van der Waals surface area (Å²) < 4.78 is 3.88. The highest BCUT2D eigenvalue weighted by Crippen LogP contribution is 2.25. The Morgan fingerprint density at radius 2 is 1.77 bits per heavy atom. The maximum Gasteiger partial charge on any atom is 0.357 e. The van der Waals surface area contributed by atoms with Gasteiger partial charge in [0, 0.05) is 20.4 Å². The molecule has 0 aliphatic heterocycles. The molecule has 0 spiro atoms. The molecule has 4 rings (SSSR count). The minimum Gasteiger partial charge on any atom is -0.245 e. The molecule has 2 aromatic heterocycles. The van der Waals surface area contributed by atoms with Crippen molar-refractivity contribution in [1.82, 2.24) is 19.3 Å². The summed E-state index contributed by atoms with van der Waals surface area (Å²) in [5, 5.41) is 7.50. The molecule has 0 fully saturated rings. The summed E-state index contributed by atoms with van der Waals surface area (Å²) in [7, 11) is 0. The van der Waals surface area contributed by atoms with E-state index in [1.165, 1.54) is 20.6 Å². The fourth-order valence-corrected chi connectivity index (χ4v) is 3.82. The number of rotatable bonds is 3. The summed E-state index contributed by atoms with van der Waals surface area (Å²) in [6, 6.07) is 14.9. The second-order valence-electron chi connectivity index (χ2n) is 5.58. The van der Waals surface area contributed by atoms with Crippen LogP contribution in [0.25, 0.3) is 22.1 Å². The molecule has 0 amide bonds. The van der Waals surface area contributed by atoms with E-state index in [2.05, 4.69) is 26.0 Å². The van der Waals surface area contributed by atoms with Crippen LogP contribution in [0.1, 0.15) is 5.82 Å². The lowest BCUT2D eigenvalue weighted by molar-refractivity contribution is 0.826. The van der Waals surface area contributed by atoms with Crippen molar-refractivity contribution in [3.8, 4) is 22.1 Å². The Kier molecular flexibility index (Phi) is 4.52. The van der Waals surface area contributed by atoms with Crippen molar-refractivity contribution >= 4 is 38.9 Å². The zero-order chi connectivity index (χ0) is 18.3. The number of halogens is 2. The summed E-state index contributed by atoms with van der Waals surface area (Å²) in [5.41, 5.74) is 2.21. The normalized spacial score (nSPS) is 11.0. The van der Waals surface area contributed by atoms with Crippen molar-refractivity contribution in [2.24, 2.45) is 0 Å². The Labute approximate surface area is 166 Å². The number of aryl methyl sites for hydroxylation is 1. The lowest BCUT2D eigenvalue weighted by Gasteiger charge is -1.99.